The average Bonchev–Trinajstić information content (AvgIpc) is 3.07. The molecule has 4 rings (SSSR count). The van der Waals surface area contributed by atoms with Crippen LogP contribution >= 0.6 is 0 Å². The average molecular weight is 347 g/mol. The maximum atomic E-state index is 13.4. The highest BCUT2D eigenvalue weighted by molar-refractivity contribution is 5.39. The van der Waals surface area contributed by atoms with Crippen LogP contribution in [0.1, 0.15) is 23.1 Å². The summed E-state index contributed by atoms with van der Waals surface area (Å²) >= 11 is 0. The van der Waals surface area contributed by atoms with E-state index in [2.05, 4.69) is 24.3 Å². The van der Waals surface area contributed by atoms with Crippen LogP contribution in [-0.4, -0.2) is 31.3 Å². The molecule has 0 aliphatic heterocycles. The molecule has 130 valence electrons. The first kappa shape index (κ1) is 16.4. The number of imidazole rings is 1. The highest BCUT2D eigenvalue weighted by Crippen LogP contribution is 2.26. The van der Waals surface area contributed by atoms with Crippen LogP contribution in [0.5, 0.6) is 0 Å². The second-order valence-corrected chi connectivity index (χ2v) is 6.15. The van der Waals surface area contributed by atoms with E-state index >= 15 is 0 Å². The molecule has 0 radical (unpaired) electrons. The van der Waals surface area contributed by atoms with Crippen molar-refractivity contribution in [2.45, 2.75) is 12.6 Å². The van der Waals surface area contributed by atoms with Crippen molar-refractivity contribution < 1.29 is 4.39 Å². The quantitative estimate of drug-likeness (QED) is 0.554. The number of aromatic nitrogens is 4. The Hall–Kier alpha value is -3.12. The molecule has 0 fully saturated rings. The molecular formula is C20H18FN5. The smallest absolute Gasteiger partial charge is 0.149 e. The fourth-order valence-electron chi connectivity index (χ4n) is 3.15. The molecule has 1 aromatic carbocycles. The van der Waals surface area contributed by atoms with Crippen molar-refractivity contribution in [3.05, 3.63) is 96.2 Å². The van der Waals surface area contributed by atoms with E-state index in [1.165, 1.54) is 12.1 Å². The van der Waals surface area contributed by atoms with Crippen molar-refractivity contribution in [3.63, 3.8) is 0 Å². The predicted octanol–water partition coefficient (Wildman–Crippen LogP) is 3.48. The van der Waals surface area contributed by atoms with Gasteiger partial charge in [0.05, 0.1) is 17.9 Å². The summed E-state index contributed by atoms with van der Waals surface area (Å²) in [5, 5.41) is 0. The van der Waals surface area contributed by atoms with E-state index in [4.69, 9.17) is 0 Å². The van der Waals surface area contributed by atoms with Gasteiger partial charge in [0.1, 0.15) is 17.3 Å². The van der Waals surface area contributed by atoms with E-state index in [9.17, 15) is 4.39 Å². The van der Waals surface area contributed by atoms with E-state index in [1.807, 2.05) is 37.6 Å². The fourth-order valence-corrected chi connectivity index (χ4v) is 3.15. The molecule has 3 heterocycles. The van der Waals surface area contributed by atoms with Crippen LogP contribution in [0, 0.1) is 5.82 Å². The summed E-state index contributed by atoms with van der Waals surface area (Å²) in [6.07, 6.45) is 7.32. The summed E-state index contributed by atoms with van der Waals surface area (Å²) in [5.41, 5.74) is 2.91. The SMILES string of the molecule is CN(Cc1cnc2ccccn12)C(c1ccc(F)cc1)c1ncccn1. The van der Waals surface area contributed by atoms with Crippen LogP contribution < -0.4 is 0 Å². The fraction of sp³-hybridized carbons (Fsp3) is 0.150. The molecule has 0 aliphatic carbocycles. The Bertz CT molecular complexity index is 998. The third-order valence-corrected chi connectivity index (χ3v) is 4.36. The molecule has 6 heteroatoms. The normalized spacial score (nSPS) is 12.6. The van der Waals surface area contributed by atoms with Gasteiger partial charge in [0, 0.05) is 25.1 Å². The molecule has 1 unspecified atom stereocenters. The van der Waals surface area contributed by atoms with Gasteiger partial charge in [-0.2, -0.15) is 0 Å². The topological polar surface area (TPSA) is 46.3 Å². The number of hydrogen-bond donors (Lipinski definition) is 0. The van der Waals surface area contributed by atoms with Gasteiger partial charge in [-0.25, -0.2) is 19.3 Å². The van der Waals surface area contributed by atoms with Crippen LogP contribution in [0.2, 0.25) is 0 Å². The number of hydrogen-bond acceptors (Lipinski definition) is 4. The van der Waals surface area contributed by atoms with Gasteiger partial charge in [-0.15, -0.1) is 0 Å². The molecule has 4 aromatic rings. The Morgan fingerprint density at radius 1 is 1.00 bits per heavy atom. The lowest BCUT2D eigenvalue weighted by Gasteiger charge is -2.27. The minimum absolute atomic E-state index is 0.189. The molecule has 0 saturated carbocycles. The van der Waals surface area contributed by atoms with Crippen LogP contribution in [-0.2, 0) is 6.54 Å². The first-order chi connectivity index (χ1) is 12.7. The summed E-state index contributed by atoms with van der Waals surface area (Å²) in [5.74, 6) is 0.418. The second kappa shape index (κ2) is 7.01. The third kappa shape index (κ3) is 3.19. The van der Waals surface area contributed by atoms with Gasteiger partial charge < -0.3 is 4.40 Å². The van der Waals surface area contributed by atoms with Gasteiger partial charge in [0.25, 0.3) is 0 Å². The molecule has 0 amide bonds. The van der Waals surface area contributed by atoms with Crippen LogP contribution in [0.15, 0.2) is 73.3 Å². The van der Waals surface area contributed by atoms with E-state index in [0.29, 0.717) is 12.4 Å². The van der Waals surface area contributed by atoms with Gasteiger partial charge in [0.2, 0.25) is 0 Å². The lowest BCUT2D eigenvalue weighted by Crippen LogP contribution is -2.27. The standard InChI is InChI=1S/C20H18FN5/c1-25(14-17-13-24-18-5-2-3-12-26(17)18)19(20-22-10-4-11-23-20)15-6-8-16(21)9-7-15/h2-13,19H,14H2,1H3. The Morgan fingerprint density at radius 3 is 2.54 bits per heavy atom. The van der Waals surface area contributed by atoms with Gasteiger partial charge in [-0.05, 0) is 42.9 Å². The van der Waals surface area contributed by atoms with Gasteiger partial charge in [-0.1, -0.05) is 18.2 Å². The first-order valence-corrected chi connectivity index (χ1v) is 8.36. The summed E-state index contributed by atoms with van der Waals surface area (Å²) in [6, 6.07) is 14.0. The van der Waals surface area contributed by atoms with Gasteiger partial charge >= 0.3 is 0 Å². The van der Waals surface area contributed by atoms with Crippen LogP contribution in [0.3, 0.4) is 0 Å². The molecule has 0 spiro atoms. The second-order valence-electron chi connectivity index (χ2n) is 6.15. The molecule has 1 atom stereocenters. The lowest BCUT2D eigenvalue weighted by atomic mass is 10.0. The van der Waals surface area contributed by atoms with Crippen molar-refractivity contribution >= 4 is 5.65 Å². The van der Waals surface area contributed by atoms with Crippen molar-refractivity contribution in [2.75, 3.05) is 7.05 Å². The first-order valence-electron chi connectivity index (χ1n) is 8.36. The summed E-state index contributed by atoms with van der Waals surface area (Å²) in [7, 11) is 2.01. The number of benzene rings is 1. The lowest BCUT2D eigenvalue weighted by molar-refractivity contribution is 0.257. The van der Waals surface area contributed by atoms with Crippen molar-refractivity contribution in [3.8, 4) is 0 Å². The Kier molecular flexibility index (Phi) is 4.41. The van der Waals surface area contributed by atoms with Gasteiger partial charge in [0.15, 0.2) is 0 Å². The number of halogens is 1. The zero-order chi connectivity index (χ0) is 17.9. The van der Waals surface area contributed by atoms with E-state index < -0.39 is 0 Å². The molecular weight excluding hydrogens is 329 g/mol. The van der Waals surface area contributed by atoms with E-state index in [0.717, 1.165) is 16.9 Å². The molecule has 0 N–H and O–H groups in total. The maximum absolute atomic E-state index is 13.4. The molecule has 0 saturated heterocycles. The number of pyridine rings is 1. The Labute approximate surface area is 150 Å². The van der Waals surface area contributed by atoms with Gasteiger partial charge in [-0.3, -0.25) is 4.90 Å². The van der Waals surface area contributed by atoms with Crippen LogP contribution in [0.4, 0.5) is 4.39 Å². The zero-order valence-corrected chi connectivity index (χ0v) is 14.3. The molecule has 5 nitrogen and oxygen atoms in total. The molecule has 3 aromatic heterocycles. The van der Waals surface area contributed by atoms with E-state index in [1.54, 1.807) is 30.6 Å². The number of nitrogens with zero attached hydrogens (tertiary/aromatic N) is 5. The molecule has 0 aliphatic rings. The Balaban J connectivity index is 1.70. The monoisotopic (exact) mass is 347 g/mol. The van der Waals surface area contributed by atoms with E-state index in [-0.39, 0.29) is 11.9 Å². The Morgan fingerprint density at radius 2 is 1.77 bits per heavy atom. The summed E-state index contributed by atoms with van der Waals surface area (Å²) in [4.78, 5) is 15.4. The minimum Gasteiger partial charge on any atom is -0.303 e. The molecule has 26 heavy (non-hydrogen) atoms. The van der Waals surface area contributed by atoms with Crippen LogP contribution in [0.25, 0.3) is 5.65 Å². The molecule has 0 bridgehead atoms. The van der Waals surface area contributed by atoms with Crippen molar-refractivity contribution in [1.82, 2.24) is 24.3 Å². The van der Waals surface area contributed by atoms with Crippen molar-refractivity contribution in [2.24, 2.45) is 0 Å². The predicted molar refractivity (Wildman–Crippen MR) is 96.9 cm³/mol. The minimum atomic E-state index is -0.258. The summed E-state index contributed by atoms with van der Waals surface area (Å²) < 4.78 is 15.4. The third-order valence-electron chi connectivity index (χ3n) is 4.36. The largest absolute Gasteiger partial charge is 0.303 e. The maximum Gasteiger partial charge on any atom is 0.149 e. The number of rotatable bonds is 5. The van der Waals surface area contributed by atoms with Crippen molar-refractivity contribution in [1.29, 1.82) is 0 Å². The highest BCUT2D eigenvalue weighted by atomic mass is 19.1. The summed E-state index contributed by atoms with van der Waals surface area (Å²) in [6.45, 7) is 0.644. The zero-order valence-electron chi connectivity index (χ0n) is 14.3. The number of fused-ring (bicyclic) bond motifs is 1. The highest BCUT2D eigenvalue weighted by Gasteiger charge is 2.23.